The number of nitrogens with two attached hydrogens (primary N) is 2. The van der Waals surface area contributed by atoms with E-state index < -0.39 is 0 Å². The molecule has 0 unspecified atom stereocenters. The van der Waals surface area contributed by atoms with Crippen molar-refractivity contribution in [2.45, 2.75) is 58.5 Å². The van der Waals surface area contributed by atoms with Gasteiger partial charge in [-0.15, -0.1) is 12.6 Å². The summed E-state index contributed by atoms with van der Waals surface area (Å²) in [6, 6.07) is 11.6. The Labute approximate surface area is 207 Å². The molecule has 3 aromatic rings. The monoisotopic (exact) mass is 487 g/mol. The van der Waals surface area contributed by atoms with Crippen molar-refractivity contribution < 1.29 is 15.0 Å². The zero-order valence-electron chi connectivity index (χ0n) is 20.7. The van der Waals surface area contributed by atoms with Crippen LogP contribution in [0.1, 0.15) is 55.5 Å². The van der Waals surface area contributed by atoms with Gasteiger partial charge in [0.05, 0.1) is 17.6 Å². The SMILES string of the molecule is CC.CCc1cc(Cn2cc(CN)cn2)ccc1/C(N)=N\OC.CCc1ccc(OO)c(S)c1. The number of hydrogen-bond donors (Lipinski definition) is 4. The summed E-state index contributed by atoms with van der Waals surface area (Å²) in [5.74, 6) is 0.788. The van der Waals surface area contributed by atoms with Gasteiger partial charge in [-0.25, -0.2) is 5.26 Å². The Bertz CT molecular complexity index is 1040. The summed E-state index contributed by atoms with van der Waals surface area (Å²) < 4.78 is 1.88. The standard InChI is InChI=1S/C15H21N5O.C8H10O2S.C2H6/c1-3-13-6-11(4-5-14(13)15(17)19-21-2)9-20-10-12(7-16)8-18-20;1-2-6-3-4-7(10-9)8(11)5-6;1-2/h4-6,8,10H,3,7,9,16H2,1-2H3,(H2,17,19);3-5,9,11H,2H2,1H3;1-2H3. The van der Waals surface area contributed by atoms with Gasteiger partial charge in [-0.3, -0.25) is 4.68 Å². The second-order valence-corrected chi connectivity index (χ2v) is 7.48. The van der Waals surface area contributed by atoms with Crippen LogP contribution in [-0.2, 0) is 30.8 Å². The molecule has 0 atom stereocenters. The maximum absolute atomic E-state index is 8.33. The lowest BCUT2D eigenvalue weighted by atomic mass is 10.0. The van der Waals surface area contributed by atoms with Gasteiger partial charge in [0.1, 0.15) is 7.11 Å². The Kier molecular flexibility index (Phi) is 13.5. The smallest absolute Gasteiger partial charge is 0.178 e. The molecule has 0 amide bonds. The van der Waals surface area contributed by atoms with Crippen molar-refractivity contribution in [2.75, 3.05) is 7.11 Å². The highest BCUT2D eigenvalue weighted by molar-refractivity contribution is 7.80. The maximum Gasteiger partial charge on any atom is 0.178 e. The van der Waals surface area contributed by atoms with Gasteiger partial charge < -0.3 is 21.2 Å². The number of benzene rings is 2. The van der Waals surface area contributed by atoms with E-state index in [1.165, 1.54) is 12.7 Å². The number of thiol groups is 1. The van der Waals surface area contributed by atoms with Crippen LogP contribution in [0.3, 0.4) is 0 Å². The van der Waals surface area contributed by atoms with Gasteiger partial charge in [0, 0.05) is 23.9 Å². The zero-order chi connectivity index (χ0) is 25.5. The van der Waals surface area contributed by atoms with Crippen molar-refractivity contribution in [3.8, 4) is 5.75 Å². The Balaban J connectivity index is 0.000000374. The van der Waals surface area contributed by atoms with Crippen molar-refractivity contribution in [1.29, 1.82) is 0 Å². The lowest BCUT2D eigenvalue weighted by Gasteiger charge is -2.10. The van der Waals surface area contributed by atoms with Gasteiger partial charge in [-0.2, -0.15) is 5.10 Å². The summed E-state index contributed by atoms with van der Waals surface area (Å²) in [6.45, 7) is 9.35. The molecule has 0 aliphatic heterocycles. The normalized spacial score (nSPS) is 10.5. The minimum atomic E-state index is 0.394. The largest absolute Gasteiger partial charge is 0.397 e. The van der Waals surface area contributed by atoms with Crippen LogP contribution < -0.4 is 16.4 Å². The Morgan fingerprint density at radius 3 is 2.32 bits per heavy atom. The number of oxime groups is 1. The molecule has 0 fully saturated rings. The zero-order valence-corrected chi connectivity index (χ0v) is 21.5. The van der Waals surface area contributed by atoms with Crippen LogP contribution in [0.2, 0.25) is 0 Å². The first kappa shape index (κ1) is 29.0. The molecule has 8 nitrogen and oxygen atoms in total. The van der Waals surface area contributed by atoms with Gasteiger partial charge in [0.2, 0.25) is 0 Å². The van der Waals surface area contributed by atoms with Gasteiger partial charge in [-0.05, 0) is 41.7 Å². The minimum absolute atomic E-state index is 0.394. The van der Waals surface area contributed by atoms with Crippen LogP contribution in [0, 0.1) is 0 Å². The molecule has 0 aliphatic carbocycles. The Hall–Kier alpha value is -3.01. The fourth-order valence-corrected chi connectivity index (χ4v) is 3.36. The highest BCUT2D eigenvalue weighted by Crippen LogP contribution is 2.23. The topological polar surface area (TPSA) is 121 Å². The molecule has 0 saturated heterocycles. The van der Waals surface area contributed by atoms with E-state index in [4.69, 9.17) is 21.6 Å². The fraction of sp³-hybridized carbons (Fsp3) is 0.360. The summed E-state index contributed by atoms with van der Waals surface area (Å²) in [5.41, 5.74) is 16.9. The highest BCUT2D eigenvalue weighted by atomic mass is 32.1. The number of nitrogens with zero attached hydrogens (tertiary/aromatic N) is 3. The van der Waals surface area contributed by atoms with Gasteiger partial charge in [0.15, 0.2) is 11.6 Å². The van der Waals surface area contributed by atoms with E-state index in [2.05, 4.69) is 47.7 Å². The van der Waals surface area contributed by atoms with E-state index in [-0.39, 0.29) is 0 Å². The molecule has 0 bridgehead atoms. The van der Waals surface area contributed by atoms with Crippen molar-refractivity contribution in [1.82, 2.24) is 9.78 Å². The van der Waals surface area contributed by atoms with Crippen molar-refractivity contribution >= 4 is 18.5 Å². The third-order valence-corrected chi connectivity index (χ3v) is 5.16. The Morgan fingerprint density at radius 1 is 1.09 bits per heavy atom. The summed E-state index contributed by atoms with van der Waals surface area (Å²) >= 11 is 4.12. The van der Waals surface area contributed by atoms with Crippen LogP contribution >= 0.6 is 12.6 Å². The lowest BCUT2D eigenvalue weighted by Crippen LogP contribution is -2.16. The number of aryl methyl sites for hydroxylation is 2. The molecule has 186 valence electrons. The lowest BCUT2D eigenvalue weighted by molar-refractivity contribution is -0.140. The molecular formula is C25H37N5O3S. The first-order valence-electron chi connectivity index (χ1n) is 11.3. The quantitative estimate of drug-likeness (QED) is 0.121. The molecule has 1 heterocycles. The molecule has 9 heteroatoms. The number of amidine groups is 1. The molecule has 0 aliphatic rings. The highest BCUT2D eigenvalue weighted by Gasteiger charge is 2.08. The van der Waals surface area contributed by atoms with Gasteiger partial charge in [-0.1, -0.05) is 57.1 Å². The van der Waals surface area contributed by atoms with Crippen molar-refractivity contribution in [3.05, 3.63) is 76.6 Å². The summed E-state index contributed by atoms with van der Waals surface area (Å²) in [4.78, 5) is 9.46. The summed E-state index contributed by atoms with van der Waals surface area (Å²) in [6.07, 6.45) is 5.58. The Morgan fingerprint density at radius 2 is 1.79 bits per heavy atom. The molecule has 1 aromatic heterocycles. The van der Waals surface area contributed by atoms with E-state index in [0.717, 1.165) is 35.1 Å². The average Bonchev–Trinajstić information content (AvgIpc) is 3.33. The third kappa shape index (κ3) is 8.74. The van der Waals surface area contributed by atoms with E-state index in [1.54, 1.807) is 12.3 Å². The van der Waals surface area contributed by atoms with Crippen LogP contribution in [-0.4, -0.2) is 28.0 Å². The number of rotatable bonds is 8. The van der Waals surface area contributed by atoms with E-state index in [0.29, 0.717) is 29.6 Å². The van der Waals surface area contributed by atoms with E-state index in [9.17, 15) is 0 Å². The van der Waals surface area contributed by atoms with Crippen molar-refractivity contribution in [3.63, 3.8) is 0 Å². The van der Waals surface area contributed by atoms with Gasteiger partial charge in [0.25, 0.3) is 0 Å². The second-order valence-electron chi connectivity index (χ2n) is 7.00. The third-order valence-electron chi connectivity index (χ3n) is 4.81. The molecule has 0 saturated carbocycles. The van der Waals surface area contributed by atoms with Crippen LogP contribution in [0.15, 0.2) is 58.8 Å². The molecule has 0 radical (unpaired) electrons. The average molecular weight is 488 g/mol. The first-order valence-corrected chi connectivity index (χ1v) is 11.7. The van der Waals surface area contributed by atoms with Crippen molar-refractivity contribution in [2.24, 2.45) is 16.6 Å². The first-order chi connectivity index (χ1) is 16.4. The van der Waals surface area contributed by atoms with Gasteiger partial charge >= 0.3 is 0 Å². The van der Waals surface area contributed by atoms with Crippen LogP contribution in [0.4, 0.5) is 0 Å². The predicted molar refractivity (Wildman–Crippen MR) is 140 cm³/mol. The second kappa shape index (κ2) is 15.8. The minimum Gasteiger partial charge on any atom is -0.397 e. The fourth-order valence-electron chi connectivity index (χ4n) is 3.08. The van der Waals surface area contributed by atoms with Crippen LogP contribution in [0.5, 0.6) is 5.75 Å². The van der Waals surface area contributed by atoms with E-state index in [1.807, 2.05) is 49.0 Å². The summed E-state index contributed by atoms with van der Waals surface area (Å²) in [7, 11) is 1.49. The molecule has 34 heavy (non-hydrogen) atoms. The molecule has 2 aromatic carbocycles. The number of hydrogen-bond acceptors (Lipinski definition) is 7. The maximum atomic E-state index is 8.33. The van der Waals surface area contributed by atoms with E-state index >= 15 is 0 Å². The molecule has 0 spiro atoms. The predicted octanol–water partition coefficient (Wildman–Crippen LogP) is 4.63. The van der Waals surface area contributed by atoms with Crippen LogP contribution in [0.25, 0.3) is 0 Å². The number of aromatic nitrogens is 2. The molecule has 5 N–H and O–H groups in total. The molecular weight excluding hydrogens is 450 g/mol. The molecule has 3 rings (SSSR count). The summed E-state index contributed by atoms with van der Waals surface area (Å²) in [5, 5.41) is 16.4.